The van der Waals surface area contributed by atoms with Crippen LogP contribution in [0.5, 0.6) is 11.6 Å². The lowest BCUT2D eigenvalue weighted by Crippen LogP contribution is -2.64. The van der Waals surface area contributed by atoms with E-state index < -0.39 is 74.1 Å². The van der Waals surface area contributed by atoms with Gasteiger partial charge in [0.1, 0.15) is 23.4 Å². The number of primary amides is 1. The number of ether oxygens (including phenoxy) is 2. The van der Waals surface area contributed by atoms with Crippen molar-refractivity contribution in [2.45, 2.75) is 82.4 Å². The second-order valence-electron chi connectivity index (χ2n) is 15.3. The summed E-state index contributed by atoms with van der Waals surface area (Å²) in [6.07, 6.45) is 3.54. The summed E-state index contributed by atoms with van der Waals surface area (Å²) in [6, 6.07) is 9.08. The van der Waals surface area contributed by atoms with Gasteiger partial charge in [-0.1, -0.05) is 44.5 Å². The Morgan fingerprint density at radius 1 is 1.15 bits per heavy atom. The van der Waals surface area contributed by atoms with Crippen molar-refractivity contribution in [3.63, 3.8) is 0 Å². The van der Waals surface area contributed by atoms with Gasteiger partial charge in [0.2, 0.25) is 21.8 Å². The molecule has 54 heavy (non-hydrogen) atoms. The van der Waals surface area contributed by atoms with E-state index >= 15 is 9.59 Å². The summed E-state index contributed by atoms with van der Waals surface area (Å²) in [5, 5.41) is 4.24. The van der Waals surface area contributed by atoms with Crippen LogP contribution in [0, 0.1) is 11.3 Å². The van der Waals surface area contributed by atoms with Crippen LogP contribution in [-0.4, -0.2) is 89.6 Å². The molecule has 4 N–H and O–H groups in total. The van der Waals surface area contributed by atoms with Crippen molar-refractivity contribution in [1.82, 2.24) is 19.5 Å². The first-order valence-corrected chi connectivity index (χ1v) is 19.6. The molecule has 1 aliphatic heterocycles. The summed E-state index contributed by atoms with van der Waals surface area (Å²) >= 11 is 6.33. The highest BCUT2D eigenvalue weighted by molar-refractivity contribution is 7.91. The van der Waals surface area contributed by atoms with Crippen LogP contribution >= 0.6 is 11.6 Å². The molecule has 0 bridgehead atoms. The van der Waals surface area contributed by atoms with Crippen LogP contribution in [0.2, 0.25) is 5.02 Å². The number of fused-ring (bicyclic) bond motifs is 1. The quantitative estimate of drug-likeness (QED) is 0.214. The smallest absolute Gasteiger partial charge is 0.328 e. The first kappa shape index (κ1) is 38.8. The summed E-state index contributed by atoms with van der Waals surface area (Å²) < 4.78 is 40.2. The van der Waals surface area contributed by atoms with Gasteiger partial charge in [-0.2, -0.15) is 0 Å². The van der Waals surface area contributed by atoms with Crippen molar-refractivity contribution in [2.24, 2.45) is 17.1 Å². The normalized spacial score (nSPS) is 22.9. The van der Waals surface area contributed by atoms with Gasteiger partial charge in [-0.3, -0.25) is 19.1 Å². The third kappa shape index (κ3) is 7.43. The second-order valence-corrected chi connectivity index (χ2v) is 17.7. The number of benzene rings is 2. The standard InChI is InChI=1S/C38H45ClN6O8S/c1-7-23-18-38(23,35(48)43-54(50,51)27-12-13-27)45(34(47)31(37(3,4)5)42-25-10-8-9-22(16-25)32(40)46)36(49)44-20-26(15-21(44)2)53-33-29-17-24(39)11-14-28(29)30(52-6)19-41-33/h7-11,14,16-17,19,21,23,26-27,31,42H,1,12-13,15,18,20H2,2-6H3,(H2,40,46)(H,43,48)/t21?,23-,26-,31-,38-/m1/s1. The summed E-state index contributed by atoms with van der Waals surface area (Å²) in [5.41, 5.74) is 3.33. The number of nitrogens with zero attached hydrogens (tertiary/aromatic N) is 3. The molecule has 288 valence electrons. The number of hydrogen-bond donors (Lipinski definition) is 3. The number of likely N-dealkylation sites (tertiary alicyclic amines) is 1. The molecule has 6 rings (SSSR count). The lowest BCUT2D eigenvalue weighted by Gasteiger charge is -2.40. The van der Waals surface area contributed by atoms with E-state index in [1.807, 2.05) is 0 Å². The van der Waals surface area contributed by atoms with E-state index in [0.717, 1.165) is 10.3 Å². The molecule has 3 aliphatic rings. The molecule has 3 fully saturated rings. The number of halogens is 1. The third-order valence-electron chi connectivity index (χ3n) is 10.3. The topological polar surface area (TPSA) is 190 Å². The number of sulfonamides is 1. The van der Waals surface area contributed by atoms with Gasteiger partial charge >= 0.3 is 6.03 Å². The van der Waals surface area contributed by atoms with Crippen molar-refractivity contribution in [2.75, 3.05) is 19.0 Å². The van der Waals surface area contributed by atoms with Gasteiger partial charge in [-0.25, -0.2) is 23.1 Å². The van der Waals surface area contributed by atoms with Gasteiger partial charge in [0, 0.05) is 45.4 Å². The summed E-state index contributed by atoms with van der Waals surface area (Å²) in [4.78, 5) is 63.1. The number of nitrogens with one attached hydrogen (secondary N) is 2. The molecule has 2 heterocycles. The average molecular weight is 781 g/mol. The highest BCUT2D eigenvalue weighted by atomic mass is 35.5. The molecule has 1 unspecified atom stereocenters. The van der Waals surface area contributed by atoms with E-state index in [1.54, 1.807) is 58.0 Å². The number of aromatic nitrogens is 1. The molecule has 16 heteroatoms. The predicted molar refractivity (Wildman–Crippen MR) is 204 cm³/mol. The SMILES string of the molecule is C=C[C@@H]1C[C@@]1(C(=O)NS(=O)(=O)C1CC1)N(C(=O)[C@@H](Nc1cccc(C(N)=O)c1)C(C)(C)C)C(=O)N1C[C@H](Oc2ncc(OC)c3ccc(Cl)cc23)CC1C. The molecule has 5 amide bonds. The van der Waals surface area contributed by atoms with E-state index in [9.17, 15) is 18.0 Å². The molecule has 1 saturated heterocycles. The van der Waals surface area contributed by atoms with Crippen molar-refractivity contribution < 1.29 is 37.1 Å². The van der Waals surface area contributed by atoms with Crippen LogP contribution in [0.1, 0.15) is 63.7 Å². The Kier molecular flexibility index (Phi) is 10.4. The van der Waals surface area contributed by atoms with Crippen molar-refractivity contribution in [3.05, 3.63) is 71.9 Å². The maximum absolute atomic E-state index is 15.1. The zero-order valence-corrected chi connectivity index (χ0v) is 32.4. The van der Waals surface area contributed by atoms with Crippen LogP contribution in [0.25, 0.3) is 10.8 Å². The lowest BCUT2D eigenvalue weighted by molar-refractivity contribution is -0.141. The number of hydrogen-bond acceptors (Lipinski definition) is 10. The van der Waals surface area contributed by atoms with Gasteiger partial charge < -0.3 is 25.4 Å². The Balaban J connectivity index is 1.37. The van der Waals surface area contributed by atoms with E-state index in [4.69, 9.17) is 26.8 Å². The first-order chi connectivity index (χ1) is 25.4. The predicted octanol–water partition coefficient (Wildman–Crippen LogP) is 4.87. The van der Waals surface area contributed by atoms with Crippen molar-refractivity contribution in [3.8, 4) is 11.6 Å². The minimum Gasteiger partial charge on any atom is -0.494 e. The minimum absolute atomic E-state index is 0.0185. The lowest BCUT2D eigenvalue weighted by atomic mass is 9.85. The Labute approximate surface area is 319 Å². The Bertz CT molecular complexity index is 2140. The zero-order chi connectivity index (χ0) is 39.3. The maximum atomic E-state index is 15.1. The number of nitrogens with two attached hydrogens (primary N) is 1. The van der Waals surface area contributed by atoms with Crippen molar-refractivity contribution in [1.29, 1.82) is 0 Å². The average Bonchev–Trinajstić information content (AvgIpc) is 4.04. The zero-order valence-electron chi connectivity index (χ0n) is 30.8. The number of imide groups is 1. The van der Waals surface area contributed by atoms with Crippen LogP contribution in [0.3, 0.4) is 0 Å². The number of amides is 5. The molecular formula is C38H45ClN6O8S. The third-order valence-corrected chi connectivity index (χ3v) is 12.4. The van der Waals surface area contributed by atoms with Gasteiger partial charge in [0.15, 0.2) is 0 Å². The molecule has 14 nitrogen and oxygen atoms in total. The van der Waals surface area contributed by atoms with E-state index in [-0.39, 0.29) is 24.4 Å². The molecule has 3 aromatic rings. The van der Waals surface area contributed by atoms with Gasteiger partial charge in [0.25, 0.3) is 11.8 Å². The van der Waals surface area contributed by atoms with Crippen LogP contribution in [-0.2, 0) is 19.6 Å². The fourth-order valence-electron chi connectivity index (χ4n) is 7.06. The van der Waals surface area contributed by atoms with Gasteiger partial charge in [-0.15, -0.1) is 6.58 Å². The number of urea groups is 1. The van der Waals surface area contributed by atoms with Gasteiger partial charge in [0.05, 0.1) is 25.1 Å². The number of anilines is 1. The first-order valence-electron chi connectivity index (χ1n) is 17.7. The number of rotatable bonds is 12. The van der Waals surface area contributed by atoms with Crippen LogP contribution in [0.4, 0.5) is 10.5 Å². The van der Waals surface area contributed by atoms with Gasteiger partial charge in [-0.05, 0) is 68.0 Å². The number of pyridine rings is 1. The highest BCUT2D eigenvalue weighted by Gasteiger charge is 2.68. The van der Waals surface area contributed by atoms with E-state index in [1.165, 1.54) is 36.4 Å². The fourth-order valence-corrected chi connectivity index (χ4v) is 8.59. The van der Waals surface area contributed by atoms with Crippen LogP contribution in [0.15, 0.2) is 61.3 Å². The van der Waals surface area contributed by atoms with E-state index in [0.29, 0.717) is 41.1 Å². The molecule has 0 spiro atoms. The largest absolute Gasteiger partial charge is 0.494 e. The molecule has 2 saturated carbocycles. The highest BCUT2D eigenvalue weighted by Crippen LogP contribution is 2.52. The summed E-state index contributed by atoms with van der Waals surface area (Å²) in [5.74, 6) is -2.35. The molecule has 2 aliphatic carbocycles. The fraction of sp³-hybridized carbons (Fsp3) is 0.447. The maximum Gasteiger partial charge on any atom is 0.328 e. The Hall–Kier alpha value is -4.89. The second kappa shape index (κ2) is 14.4. The number of methoxy groups -OCH3 is 1. The summed E-state index contributed by atoms with van der Waals surface area (Å²) in [6.45, 7) is 11.0. The molecule has 1 aromatic heterocycles. The molecule has 0 radical (unpaired) electrons. The Morgan fingerprint density at radius 3 is 2.48 bits per heavy atom. The minimum atomic E-state index is -4.06. The van der Waals surface area contributed by atoms with E-state index in [2.05, 4.69) is 21.6 Å². The monoisotopic (exact) mass is 780 g/mol. The molecular weight excluding hydrogens is 736 g/mol. The Morgan fingerprint density at radius 2 is 1.87 bits per heavy atom. The number of carbonyl (C=O) groups excluding carboxylic acids is 4. The molecule has 5 atom stereocenters. The van der Waals surface area contributed by atoms with Crippen molar-refractivity contribution >= 4 is 61.8 Å². The molecule has 2 aromatic carbocycles. The van der Waals surface area contributed by atoms with Crippen LogP contribution < -0.4 is 25.2 Å². The number of carbonyl (C=O) groups is 4. The summed E-state index contributed by atoms with van der Waals surface area (Å²) in [7, 11) is -2.53.